The first kappa shape index (κ1) is 65.3. The smallest absolute Gasteiger partial charge is 0.249 e. The Hall–Kier alpha value is -1.69. The predicted octanol–water partition coefficient (Wildman–Crippen LogP) is 18.8. The number of carbonyl (C=O) groups excluding carboxylic acids is 1. The lowest BCUT2D eigenvalue weighted by molar-refractivity contribution is -0.131. The van der Waals surface area contributed by atoms with Crippen molar-refractivity contribution < 1.29 is 20.1 Å². The molecule has 0 radical (unpaired) electrons. The number of aliphatic hydroxyl groups excluding tert-OH is 3. The van der Waals surface area contributed by atoms with Gasteiger partial charge < -0.3 is 20.6 Å². The van der Waals surface area contributed by atoms with Crippen LogP contribution >= 0.6 is 0 Å². The van der Waals surface area contributed by atoms with Crippen molar-refractivity contribution in [3.63, 3.8) is 0 Å². The Labute approximate surface area is 418 Å². The first-order valence-electron chi connectivity index (χ1n) is 30.0. The molecule has 0 saturated carbocycles. The molecule has 0 aliphatic heterocycles. The quantitative estimate of drug-likeness (QED) is 0.0361. The summed E-state index contributed by atoms with van der Waals surface area (Å²) in [5.41, 5.74) is 0. The van der Waals surface area contributed by atoms with E-state index in [2.05, 4.69) is 55.6 Å². The Morgan fingerprint density at radius 3 is 0.910 bits per heavy atom. The summed E-state index contributed by atoms with van der Waals surface area (Å²) >= 11 is 0. The van der Waals surface area contributed by atoms with E-state index in [9.17, 15) is 20.1 Å². The summed E-state index contributed by atoms with van der Waals surface area (Å²) < 4.78 is 0. The van der Waals surface area contributed by atoms with Crippen molar-refractivity contribution in [3.8, 4) is 0 Å². The Kier molecular flexibility index (Phi) is 55.5. The standard InChI is InChI=1S/C62H117NO4/c1-3-5-7-9-11-13-15-17-19-21-23-25-27-28-29-30-31-32-33-34-35-37-39-41-43-45-47-49-51-53-55-57-61(66)62(67)63-59(58-64)60(65)56-54-52-50-48-46-44-42-40-38-36-26-24-22-20-18-16-14-12-10-8-6-4-2/h28-29,38,40,46,48,54,56,59-61,64-66H,3-27,30-37,39,41-45,47,49-53,55,57-58H2,1-2H3,(H,63,67)/b29-28-,40-38+,48-46+,56-54+. The third kappa shape index (κ3) is 52.0. The summed E-state index contributed by atoms with van der Waals surface area (Å²) in [6.07, 6.45) is 76.4. The van der Waals surface area contributed by atoms with E-state index < -0.39 is 24.2 Å². The van der Waals surface area contributed by atoms with E-state index in [1.165, 1.54) is 250 Å². The molecular weight excluding hydrogens is 823 g/mol. The number of amides is 1. The van der Waals surface area contributed by atoms with E-state index in [4.69, 9.17) is 0 Å². The van der Waals surface area contributed by atoms with Crippen LogP contribution in [0.1, 0.15) is 316 Å². The molecule has 0 rings (SSSR count). The molecule has 0 fully saturated rings. The molecule has 0 spiro atoms. The van der Waals surface area contributed by atoms with Crippen molar-refractivity contribution in [1.82, 2.24) is 5.32 Å². The van der Waals surface area contributed by atoms with E-state index in [-0.39, 0.29) is 6.61 Å². The third-order valence-electron chi connectivity index (χ3n) is 13.9. The summed E-state index contributed by atoms with van der Waals surface area (Å²) in [5, 5.41) is 33.4. The summed E-state index contributed by atoms with van der Waals surface area (Å²) in [6, 6.07) is -0.822. The number of rotatable bonds is 55. The van der Waals surface area contributed by atoms with E-state index in [0.717, 1.165) is 44.9 Å². The zero-order chi connectivity index (χ0) is 48.6. The largest absolute Gasteiger partial charge is 0.394 e. The maximum Gasteiger partial charge on any atom is 0.249 e. The zero-order valence-electron chi connectivity index (χ0n) is 45.0. The van der Waals surface area contributed by atoms with Gasteiger partial charge in [-0.2, -0.15) is 0 Å². The maximum atomic E-state index is 12.6. The summed E-state index contributed by atoms with van der Waals surface area (Å²) in [7, 11) is 0. The molecule has 0 saturated heterocycles. The molecule has 0 aromatic heterocycles. The van der Waals surface area contributed by atoms with Gasteiger partial charge in [0.2, 0.25) is 5.91 Å². The van der Waals surface area contributed by atoms with Crippen LogP contribution < -0.4 is 5.32 Å². The van der Waals surface area contributed by atoms with Gasteiger partial charge >= 0.3 is 0 Å². The SMILES string of the molecule is CCCCCCCCCCCCCC/C=C\CCCCCCCCCCCCCCCCCC(O)C(=O)NC(CO)C(O)/C=C/CC/C=C/CC/C=C/CCCCCCCCCCCCCC. The fourth-order valence-electron chi connectivity index (χ4n) is 9.22. The lowest BCUT2D eigenvalue weighted by Crippen LogP contribution is -2.48. The summed E-state index contributed by atoms with van der Waals surface area (Å²) in [6.45, 7) is 4.20. The van der Waals surface area contributed by atoms with Gasteiger partial charge in [0.25, 0.3) is 0 Å². The van der Waals surface area contributed by atoms with Crippen molar-refractivity contribution in [2.45, 2.75) is 334 Å². The average molecular weight is 941 g/mol. The van der Waals surface area contributed by atoms with Gasteiger partial charge in [-0.3, -0.25) is 4.79 Å². The topological polar surface area (TPSA) is 89.8 Å². The molecule has 0 aliphatic rings. The molecule has 0 aromatic rings. The average Bonchev–Trinajstić information content (AvgIpc) is 3.33. The Morgan fingerprint density at radius 2 is 0.612 bits per heavy atom. The van der Waals surface area contributed by atoms with Crippen LogP contribution in [0, 0.1) is 0 Å². The molecule has 67 heavy (non-hydrogen) atoms. The Morgan fingerprint density at radius 1 is 0.358 bits per heavy atom. The second kappa shape index (κ2) is 56.9. The maximum absolute atomic E-state index is 12.6. The number of hydrogen-bond donors (Lipinski definition) is 4. The fraction of sp³-hybridized carbons (Fsp3) is 0.855. The summed E-state index contributed by atoms with van der Waals surface area (Å²) in [5.74, 6) is -0.513. The first-order valence-corrected chi connectivity index (χ1v) is 30.0. The minimum Gasteiger partial charge on any atom is -0.394 e. The number of aliphatic hydroxyl groups is 3. The van der Waals surface area contributed by atoms with E-state index >= 15 is 0 Å². The highest BCUT2D eigenvalue weighted by Crippen LogP contribution is 2.17. The monoisotopic (exact) mass is 940 g/mol. The van der Waals surface area contributed by atoms with Gasteiger partial charge in [0, 0.05) is 0 Å². The van der Waals surface area contributed by atoms with Gasteiger partial charge in [-0.25, -0.2) is 0 Å². The zero-order valence-corrected chi connectivity index (χ0v) is 45.0. The molecule has 0 aromatic carbocycles. The van der Waals surface area contributed by atoms with Crippen molar-refractivity contribution >= 4 is 5.91 Å². The van der Waals surface area contributed by atoms with Crippen LogP contribution in [0.4, 0.5) is 0 Å². The van der Waals surface area contributed by atoms with Crippen molar-refractivity contribution in [2.75, 3.05) is 6.61 Å². The number of hydrogen-bond acceptors (Lipinski definition) is 4. The van der Waals surface area contributed by atoms with E-state index in [0.29, 0.717) is 6.42 Å². The summed E-state index contributed by atoms with van der Waals surface area (Å²) in [4.78, 5) is 12.6. The molecule has 3 atom stereocenters. The number of carbonyl (C=O) groups is 1. The van der Waals surface area contributed by atoms with Crippen LogP contribution in [-0.2, 0) is 4.79 Å². The van der Waals surface area contributed by atoms with Gasteiger partial charge in [0.15, 0.2) is 0 Å². The molecule has 5 heteroatoms. The van der Waals surface area contributed by atoms with Crippen LogP contribution in [0.25, 0.3) is 0 Å². The van der Waals surface area contributed by atoms with Gasteiger partial charge in [-0.15, -0.1) is 0 Å². The second-order valence-corrected chi connectivity index (χ2v) is 20.5. The molecule has 0 heterocycles. The van der Waals surface area contributed by atoms with Gasteiger partial charge in [-0.1, -0.05) is 294 Å². The molecule has 0 aliphatic carbocycles. The number of unbranched alkanes of at least 4 members (excludes halogenated alkanes) is 41. The molecule has 0 bridgehead atoms. The number of nitrogens with one attached hydrogen (secondary N) is 1. The normalized spacial score (nSPS) is 13.6. The van der Waals surface area contributed by atoms with Crippen molar-refractivity contribution in [3.05, 3.63) is 48.6 Å². The lowest BCUT2D eigenvalue weighted by Gasteiger charge is -2.21. The molecule has 394 valence electrons. The highest BCUT2D eigenvalue weighted by Gasteiger charge is 2.22. The van der Waals surface area contributed by atoms with Gasteiger partial charge in [-0.05, 0) is 70.6 Å². The minimum absolute atomic E-state index is 0.380. The Bertz CT molecular complexity index is 1080. The lowest BCUT2D eigenvalue weighted by atomic mass is 10.0. The van der Waals surface area contributed by atoms with Crippen LogP contribution in [0.15, 0.2) is 48.6 Å². The molecule has 5 nitrogen and oxygen atoms in total. The highest BCUT2D eigenvalue weighted by molar-refractivity contribution is 5.80. The highest BCUT2D eigenvalue weighted by atomic mass is 16.3. The van der Waals surface area contributed by atoms with E-state index in [1.54, 1.807) is 6.08 Å². The van der Waals surface area contributed by atoms with Gasteiger partial charge in [0.1, 0.15) is 6.10 Å². The van der Waals surface area contributed by atoms with E-state index in [1.807, 2.05) is 6.08 Å². The van der Waals surface area contributed by atoms with Crippen molar-refractivity contribution in [1.29, 1.82) is 0 Å². The van der Waals surface area contributed by atoms with Crippen LogP contribution in [0.5, 0.6) is 0 Å². The molecule has 1 amide bonds. The van der Waals surface area contributed by atoms with Crippen LogP contribution in [0.2, 0.25) is 0 Å². The van der Waals surface area contributed by atoms with Crippen molar-refractivity contribution in [2.24, 2.45) is 0 Å². The first-order chi connectivity index (χ1) is 33.1. The minimum atomic E-state index is -1.11. The molecule has 4 N–H and O–H groups in total. The third-order valence-corrected chi connectivity index (χ3v) is 13.9. The van der Waals surface area contributed by atoms with Gasteiger partial charge in [0.05, 0.1) is 18.8 Å². The molecular formula is C62H117NO4. The van der Waals surface area contributed by atoms with Crippen LogP contribution in [0.3, 0.4) is 0 Å². The Balaban J connectivity index is 3.59. The van der Waals surface area contributed by atoms with Crippen LogP contribution in [-0.4, -0.2) is 46.1 Å². The second-order valence-electron chi connectivity index (χ2n) is 20.5. The molecule has 3 unspecified atom stereocenters. The number of allylic oxidation sites excluding steroid dienone is 7. The predicted molar refractivity (Wildman–Crippen MR) is 296 cm³/mol. The fourth-order valence-corrected chi connectivity index (χ4v) is 9.22.